The molecular formula is C19H16N2S. The number of rotatable bonds is 4. The minimum absolute atomic E-state index is 0.940. The summed E-state index contributed by atoms with van der Waals surface area (Å²) in [5.41, 5.74) is 5.20. The quantitative estimate of drug-likeness (QED) is 0.308. The molecule has 3 aromatic carbocycles. The highest BCUT2D eigenvalue weighted by molar-refractivity contribution is 8.14. The van der Waals surface area contributed by atoms with Crippen molar-refractivity contribution < 1.29 is 0 Å². The summed E-state index contributed by atoms with van der Waals surface area (Å²) in [7, 11) is 0. The molecule has 0 saturated heterocycles. The molecule has 108 valence electrons. The van der Waals surface area contributed by atoms with Gasteiger partial charge in [0.1, 0.15) is 5.04 Å². The van der Waals surface area contributed by atoms with Gasteiger partial charge >= 0.3 is 0 Å². The molecule has 3 aromatic rings. The van der Waals surface area contributed by atoms with Crippen LogP contribution in [0, 0.1) is 0 Å². The maximum atomic E-state index is 4.59. The number of thioether (sulfide) groups is 1. The van der Waals surface area contributed by atoms with Crippen molar-refractivity contribution in [1.29, 1.82) is 0 Å². The molecule has 3 rings (SSSR count). The van der Waals surface area contributed by atoms with Crippen molar-refractivity contribution in [3.63, 3.8) is 0 Å². The molecule has 0 unspecified atom stereocenters. The first-order valence-corrected chi connectivity index (χ1v) is 7.90. The van der Waals surface area contributed by atoms with E-state index in [1.165, 1.54) is 4.90 Å². The SMILES string of the molecule is c1ccc(N/N=C(\Sc2ccccc2)c2ccccc2)cc1. The molecule has 22 heavy (non-hydrogen) atoms. The Labute approximate surface area is 134 Å². The molecule has 0 radical (unpaired) electrons. The lowest BCUT2D eigenvalue weighted by molar-refractivity contribution is 1.34. The summed E-state index contributed by atoms with van der Waals surface area (Å²) in [5, 5.41) is 5.53. The number of benzene rings is 3. The van der Waals surface area contributed by atoms with Gasteiger partial charge in [-0.1, -0.05) is 78.5 Å². The number of para-hydroxylation sites is 1. The van der Waals surface area contributed by atoms with Gasteiger partial charge in [-0.2, -0.15) is 5.10 Å². The Balaban J connectivity index is 1.86. The van der Waals surface area contributed by atoms with Crippen LogP contribution >= 0.6 is 11.8 Å². The van der Waals surface area contributed by atoms with E-state index < -0.39 is 0 Å². The molecule has 0 aliphatic rings. The zero-order chi connectivity index (χ0) is 15.0. The first-order chi connectivity index (χ1) is 10.9. The van der Waals surface area contributed by atoms with Crippen LogP contribution in [0.25, 0.3) is 0 Å². The van der Waals surface area contributed by atoms with Gasteiger partial charge in [-0.05, 0) is 24.3 Å². The molecular weight excluding hydrogens is 288 g/mol. The lowest BCUT2D eigenvalue weighted by atomic mass is 10.2. The normalized spacial score (nSPS) is 11.2. The predicted molar refractivity (Wildman–Crippen MR) is 95.3 cm³/mol. The summed E-state index contributed by atoms with van der Waals surface area (Å²) in [4.78, 5) is 1.17. The monoisotopic (exact) mass is 304 g/mol. The van der Waals surface area contributed by atoms with Crippen LogP contribution < -0.4 is 5.43 Å². The summed E-state index contributed by atoms with van der Waals surface area (Å²) in [6.07, 6.45) is 0. The number of anilines is 1. The van der Waals surface area contributed by atoms with Gasteiger partial charge in [0.25, 0.3) is 0 Å². The van der Waals surface area contributed by atoms with Crippen LogP contribution in [0.5, 0.6) is 0 Å². The van der Waals surface area contributed by atoms with E-state index in [1.54, 1.807) is 11.8 Å². The van der Waals surface area contributed by atoms with Crippen LogP contribution in [0.3, 0.4) is 0 Å². The van der Waals surface area contributed by atoms with E-state index in [9.17, 15) is 0 Å². The van der Waals surface area contributed by atoms with Crippen molar-refractivity contribution in [3.05, 3.63) is 96.6 Å². The summed E-state index contributed by atoms with van der Waals surface area (Å²) >= 11 is 1.65. The second-order valence-corrected chi connectivity index (χ2v) is 5.74. The van der Waals surface area contributed by atoms with E-state index in [2.05, 4.69) is 34.8 Å². The molecule has 0 fully saturated rings. The summed E-state index contributed by atoms with van der Waals surface area (Å²) in [5.74, 6) is 0. The lowest BCUT2D eigenvalue weighted by Crippen LogP contribution is -2.00. The zero-order valence-corrected chi connectivity index (χ0v) is 12.8. The average molecular weight is 304 g/mol. The maximum Gasteiger partial charge on any atom is 0.128 e. The van der Waals surface area contributed by atoms with Gasteiger partial charge in [-0.3, -0.25) is 5.43 Å². The third kappa shape index (κ3) is 3.99. The fraction of sp³-hybridized carbons (Fsp3) is 0. The molecule has 0 aromatic heterocycles. The predicted octanol–water partition coefficient (Wildman–Crippen LogP) is 5.25. The van der Waals surface area contributed by atoms with Gasteiger partial charge in [0.2, 0.25) is 0 Å². The summed E-state index contributed by atoms with van der Waals surface area (Å²) in [6.45, 7) is 0. The van der Waals surface area contributed by atoms with Gasteiger partial charge in [0, 0.05) is 10.5 Å². The first-order valence-electron chi connectivity index (χ1n) is 7.09. The van der Waals surface area contributed by atoms with E-state index in [0.29, 0.717) is 0 Å². The Morgan fingerprint density at radius 1 is 0.682 bits per heavy atom. The van der Waals surface area contributed by atoms with Crippen LogP contribution in [-0.2, 0) is 0 Å². The third-order valence-corrected chi connectivity index (χ3v) is 4.07. The fourth-order valence-electron chi connectivity index (χ4n) is 1.96. The number of hydrogen-bond acceptors (Lipinski definition) is 3. The van der Waals surface area contributed by atoms with Gasteiger partial charge in [0.05, 0.1) is 5.69 Å². The van der Waals surface area contributed by atoms with E-state index in [0.717, 1.165) is 16.3 Å². The standard InChI is InChI=1S/C19H16N2S/c1-4-10-16(11-5-1)19(22-18-14-8-3-9-15-18)21-20-17-12-6-2-7-13-17/h1-15,20H/b21-19-. The molecule has 0 aliphatic heterocycles. The third-order valence-electron chi connectivity index (χ3n) is 3.04. The molecule has 3 heteroatoms. The van der Waals surface area contributed by atoms with E-state index in [-0.39, 0.29) is 0 Å². The minimum atomic E-state index is 0.940. The van der Waals surface area contributed by atoms with E-state index >= 15 is 0 Å². The van der Waals surface area contributed by atoms with Crippen LogP contribution in [0.15, 0.2) is 101 Å². The molecule has 1 N–H and O–H groups in total. The highest BCUT2D eigenvalue weighted by Crippen LogP contribution is 2.23. The number of nitrogens with zero attached hydrogens (tertiary/aromatic N) is 1. The Kier molecular flexibility index (Phi) is 4.90. The topological polar surface area (TPSA) is 24.4 Å². The Hall–Kier alpha value is -2.52. The number of hydrazone groups is 1. The Morgan fingerprint density at radius 3 is 1.86 bits per heavy atom. The molecule has 2 nitrogen and oxygen atoms in total. The molecule has 0 aliphatic carbocycles. The van der Waals surface area contributed by atoms with E-state index in [1.807, 2.05) is 66.7 Å². The van der Waals surface area contributed by atoms with Crippen molar-refractivity contribution in [2.75, 3.05) is 5.43 Å². The van der Waals surface area contributed by atoms with Crippen LogP contribution in [0.1, 0.15) is 5.56 Å². The molecule has 0 bridgehead atoms. The average Bonchev–Trinajstić information content (AvgIpc) is 2.61. The van der Waals surface area contributed by atoms with E-state index in [4.69, 9.17) is 0 Å². The molecule has 0 saturated carbocycles. The Morgan fingerprint density at radius 2 is 1.23 bits per heavy atom. The molecule has 0 spiro atoms. The lowest BCUT2D eigenvalue weighted by Gasteiger charge is -2.08. The highest BCUT2D eigenvalue weighted by atomic mass is 32.2. The minimum Gasteiger partial charge on any atom is -0.277 e. The second kappa shape index (κ2) is 7.48. The highest BCUT2D eigenvalue weighted by Gasteiger charge is 2.06. The number of hydrogen-bond donors (Lipinski definition) is 1. The molecule has 0 amide bonds. The van der Waals surface area contributed by atoms with Crippen molar-refractivity contribution in [2.24, 2.45) is 5.10 Å². The number of nitrogens with one attached hydrogen (secondary N) is 1. The Bertz CT molecular complexity index is 725. The van der Waals surface area contributed by atoms with Crippen molar-refractivity contribution in [2.45, 2.75) is 4.90 Å². The first kappa shape index (κ1) is 14.4. The molecule has 0 heterocycles. The van der Waals surface area contributed by atoms with Gasteiger partial charge in [-0.15, -0.1) is 0 Å². The summed E-state index contributed by atoms with van der Waals surface area (Å²) in [6, 6.07) is 30.5. The van der Waals surface area contributed by atoms with Crippen molar-refractivity contribution in [1.82, 2.24) is 0 Å². The maximum absolute atomic E-state index is 4.59. The largest absolute Gasteiger partial charge is 0.277 e. The summed E-state index contributed by atoms with van der Waals surface area (Å²) < 4.78 is 0. The molecule has 0 atom stereocenters. The van der Waals surface area contributed by atoms with Crippen LogP contribution in [-0.4, -0.2) is 5.04 Å². The van der Waals surface area contributed by atoms with Gasteiger partial charge in [0.15, 0.2) is 0 Å². The van der Waals surface area contributed by atoms with Crippen molar-refractivity contribution >= 4 is 22.5 Å². The van der Waals surface area contributed by atoms with Gasteiger partial charge < -0.3 is 0 Å². The zero-order valence-electron chi connectivity index (χ0n) is 12.0. The second-order valence-electron chi connectivity index (χ2n) is 4.68. The fourth-order valence-corrected chi connectivity index (χ4v) is 2.82. The smallest absolute Gasteiger partial charge is 0.128 e. The van der Waals surface area contributed by atoms with Gasteiger partial charge in [-0.25, -0.2) is 0 Å². The van der Waals surface area contributed by atoms with Crippen molar-refractivity contribution in [3.8, 4) is 0 Å². The van der Waals surface area contributed by atoms with Crippen LogP contribution in [0.4, 0.5) is 5.69 Å². The van der Waals surface area contributed by atoms with Crippen LogP contribution in [0.2, 0.25) is 0 Å².